The summed E-state index contributed by atoms with van der Waals surface area (Å²) in [5.41, 5.74) is 4.51. The number of rotatable bonds is 2. The zero-order chi connectivity index (χ0) is 18.7. The van der Waals surface area contributed by atoms with Gasteiger partial charge in [0.05, 0.1) is 0 Å². The Labute approximate surface area is 162 Å². The minimum Gasteiger partial charge on any atom is -0.414 e. The van der Waals surface area contributed by atoms with Crippen LogP contribution in [0, 0.1) is 28.6 Å². The van der Waals surface area contributed by atoms with Crippen molar-refractivity contribution in [3.05, 3.63) is 23.3 Å². The average Bonchev–Trinajstić information content (AvgIpc) is 2.90. The lowest BCUT2D eigenvalue weighted by Crippen LogP contribution is -2.50. The Morgan fingerprint density at radius 3 is 2.42 bits per heavy atom. The van der Waals surface area contributed by atoms with Crippen LogP contribution in [-0.4, -0.2) is 14.4 Å². The van der Waals surface area contributed by atoms with E-state index in [0.717, 1.165) is 17.8 Å². The topological polar surface area (TPSA) is 9.23 Å². The van der Waals surface area contributed by atoms with Crippen LogP contribution in [0.1, 0.15) is 72.1 Å². The van der Waals surface area contributed by atoms with Crippen molar-refractivity contribution in [3.63, 3.8) is 0 Å². The number of hydrogen-bond acceptors (Lipinski definition) is 1. The molecule has 6 atom stereocenters. The van der Waals surface area contributed by atoms with Gasteiger partial charge in [-0.3, -0.25) is 0 Å². The molecule has 0 radical (unpaired) electrons. The van der Waals surface area contributed by atoms with Gasteiger partial charge in [-0.1, -0.05) is 37.1 Å². The maximum atomic E-state index is 6.51. The highest BCUT2D eigenvalue weighted by molar-refractivity contribution is 6.69. The zero-order valence-electron chi connectivity index (χ0n) is 18.0. The maximum Gasteiger partial charge on any atom is 0.184 e. The summed E-state index contributed by atoms with van der Waals surface area (Å²) in [7, 11) is -1.43. The van der Waals surface area contributed by atoms with E-state index in [4.69, 9.17) is 4.43 Å². The molecule has 2 heteroatoms. The smallest absolute Gasteiger partial charge is 0.184 e. The van der Waals surface area contributed by atoms with E-state index in [9.17, 15) is 0 Å². The van der Waals surface area contributed by atoms with E-state index < -0.39 is 8.32 Å². The van der Waals surface area contributed by atoms with Gasteiger partial charge in [0.2, 0.25) is 0 Å². The van der Waals surface area contributed by atoms with Gasteiger partial charge in [0.25, 0.3) is 0 Å². The molecule has 0 aromatic rings. The summed E-state index contributed by atoms with van der Waals surface area (Å²) in [6.45, 7) is 14.5. The Bertz CT molecular complexity index is 627. The molecule has 0 saturated heterocycles. The minimum atomic E-state index is -1.43. The molecule has 26 heavy (non-hydrogen) atoms. The average molecular weight is 373 g/mol. The second-order valence-corrected chi connectivity index (χ2v) is 15.6. The molecule has 0 aliphatic heterocycles. The normalized spacial score (nSPS) is 47.2. The minimum absolute atomic E-state index is 0.461. The monoisotopic (exact) mass is 372 g/mol. The van der Waals surface area contributed by atoms with Crippen LogP contribution in [0.4, 0.5) is 0 Å². The molecule has 146 valence electrons. The SMILES string of the molecule is C/C=C1\CCC2C3CC=C4C[C@@H](O[Si](C)(C)C)CC[C@]4(C)C3CC[C@]12C. The van der Waals surface area contributed by atoms with Crippen LogP contribution in [0.25, 0.3) is 0 Å². The highest BCUT2D eigenvalue weighted by Crippen LogP contribution is 2.66. The van der Waals surface area contributed by atoms with Crippen molar-refractivity contribution in [2.75, 3.05) is 0 Å². The van der Waals surface area contributed by atoms with Gasteiger partial charge >= 0.3 is 0 Å². The molecule has 0 aromatic carbocycles. The van der Waals surface area contributed by atoms with Crippen LogP contribution in [0.5, 0.6) is 0 Å². The van der Waals surface area contributed by atoms with Gasteiger partial charge in [0.1, 0.15) is 0 Å². The standard InChI is InChI=1S/C24H40OSi/c1-7-17-9-11-21-20-10-8-18-16-19(25-26(4,5)6)12-14-24(18,3)22(20)13-15-23(17,21)2/h7-8,19-22H,9-16H2,1-6H3/b17-7+/t19-,20?,21?,22?,23+,24-/m0/s1. The van der Waals surface area contributed by atoms with Gasteiger partial charge in [-0.2, -0.15) is 0 Å². The Kier molecular flexibility index (Phi) is 4.63. The van der Waals surface area contributed by atoms with E-state index >= 15 is 0 Å². The molecule has 0 amide bonds. The largest absolute Gasteiger partial charge is 0.414 e. The fourth-order valence-corrected chi connectivity index (χ4v) is 8.75. The number of fused-ring (bicyclic) bond motifs is 5. The summed E-state index contributed by atoms with van der Waals surface area (Å²) < 4.78 is 6.51. The van der Waals surface area contributed by atoms with E-state index in [1.807, 2.05) is 0 Å². The molecule has 0 aromatic heterocycles. The molecule has 0 N–H and O–H groups in total. The van der Waals surface area contributed by atoms with Crippen LogP contribution >= 0.6 is 0 Å². The fraction of sp³-hybridized carbons (Fsp3) is 0.833. The molecule has 3 unspecified atom stereocenters. The highest BCUT2D eigenvalue weighted by Gasteiger charge is 2.57. The predicted octanol–water partition coefficient (Wildman–Crippen LogP) is 7.12. The molecule has 1 nitrogen and oxygen atoms in total. The van der Waals surface area contributed by atoms with Crippen molar-refractivity contribution in [2.45, 2.75) is 97.9 Å². The van der Waals surface area contributed by atoms with Crippen molar-refractivity contribution in [1.82, 2.24) is 0 Å². The Balaban J connectivity index is 1.58. The lowest BCUT2D eigenvalue weighted by atomic mass is 9.48. The summed E-state index contributed by atoms with van der Waals surface area (Å²) in [5, 5.41) is 0. The lowest BCUT2D eigenvalue weighted by Gasteiger charge is -2.57. The second-order valence-electron chi connectivity index (χ2n) is 11.2. The molecule has 0 spiro atoms. The molecule has 0 bridgehead atoms. The first kappa shape index (κ1) is 19.0. The number of allylic oxidation sites excluding steroid dienone is 3. The van der Waals surface area contributed by atoms with Crippen molar-refractivity contribution in [2.24, 2.45) is 28.6 Å². The van der Waals surface area contributed by atoms with Crippen molar-refractivity contribution < 1.29 is 4.43 Å². The third-order valence-electron chi connectivity index (χ3n) is 8.78. The van der Waals surface area contributed by atoms with E-state index in [0.29, 0.717) is 16.9 Å². The zero-order valence-corrected chi connectivity index (χ0v) is 19.0. The summed E-state index contributed by atoms with van der Waals surface area (Å²) >= 11 is 0. The summed E-state index contributed by atoms with van der Waals surface area (Å²) in [6.07, 6.45) is 16.5. The lowest BCUT2D eigenvalue weighted by molar-refractivity contribution is -0.0249. The quantitative estimate of drug-likeness (QED) is 0.370. The third-order valence-corrected chi connectivity index (χ3v) is 9.82. The first-order valence-corrected chi connectivity index (χ1v) is 14.6. The molecule has 3 saturated carbocycles. The van der Waals surface area contributed by atoms with Crippen molar-refractivity contribution in [1.29, 1.82) is 0 Å². The van der Waals surface area contributed by atoms with Crippen LogP contribution in [0.3, 0.4) is 0 Å². The van der Waals surface area contributed by atoms with Gasteiger partial charge in [-0.15, -0.1) is 0 Å². The van der Waals surface area contributed by atoms with Crippen LogP contribution in [-0.2, 0) is 4.43 Å². The second kappa shape index (κ2) is 6.34. The van der Waals surface area contributed by atoms with Crippen molar-refractivity contribution in [3.8, 4) is 0 Å². The van der Waals surface area contributed by atoms with Crippen LogP contribution < -0.4 is 0 Å². The van der Waals surface area contributed by atoms with Gasteiger partial charge in [-0.05, 0) is 107 Å². The summed E-state index contributed by atoms with van der Waals surface area (Å²) in [6, 6.07) is 0. The summed E-state index contributed by atoms with van der Waals surface area (Å²) in [4.78, 5) is 0. The fourth-order valence-electron chi connectivity index (χ4n) is 7.55. The van der Waals surface area contributed by atoms with Gasteiger partial charge in [0.15, 0.2) is 8.32 Å². The van der Waals surface area contributed by atoms with Crippen LogP contribution in [0.2, 0.25) is 19.6 Å². The molecular weight excluding hydrogens is 332 g/mol. The Morgan fingerprint density at radius 2 is 1.73 bits per heavy atom. The number of hydrogen-bond donors (Lipinski definition) is 0. The molecular formula is C24H40OSi. The molecule has 4 aliphatic rings. The first-order valence-electron chi connectivity index (χ1n) is 11.2. The van der Waals surface area contributed by atoms with Gasteiger partial charge in [-0.25, -0.2) is 0 Å². The van der Waals surface area contributed by atoms with E-state index in [1.165, 1.54) is 51.4 Å². The molecule has 3 fully saturated rings. The van der Waals surface area contributed by atoms with Crippen LogP contribution in [0.15, 0.2) is 23.3 Å². The van der Waals surface area contributed by atoms with E-state index in [2.05, 4.69) is 52.6 Å². The third kappa shape index (κ3) is 2.90. The maximum absolute atomic E-state index is 6.51. The first-order chi connectivity index (χ1) is 12.2. The van der Waals surface area contributed by atoms with Gasteiger partial charge < -0.3 is 4.43 Å². The molecule has 4 rings (SSSR count). The molecule has 4 aliphatic carbocycles. The Hall–Kier alpha value is -0.343. The molecule has 0 heterocycles. The highest BCUT2D eigenvalue weighted by atomic mass is 28.4. The van der Waals surface area contributed by atoms with E-state index in [1.54, 1.807) is 11.1 Å². The van der Waals surface area contributed by atoms with Gasteiger partial charge in [0, 0.05) is 6.10 Å². The van der Waals surface area contributed by atoms with Crippen molar-refractivity contribution >= 4 is 8.32 Å². The Morgan fingerprint density at radius 1 is 1.04 bits per heavy atom. The van der Waals surface area contributed by atoms with E-state index in [-0.39, 0.29) is 0 Å². The predicted molar refractivity (Wildman–Crippen MR) is 114 cm³/mol. The summed E-state index contributed by atoms with van der Waals surface area (Å²) in [5.74, 6) is 2.78.